The summed E-state index contributed by atoms with van der Waals surface area (Å²) in [4.78, 5) is 34.4. The van der Waals surface area contributed by atoms with Crippen molar-refractivity contribution in [3.05, 3.63) is 87.3 Å². The van der Waals surface area contributed by atoms with Gasteiger partial charge in [-0.1, -0.05) is 17.7 Å². The third kappa shape index (κ3) is 5.37. The number of benzene rings is 3. The molecule has 0 spiro atoms. The zero-order chi connectivity index (χ0) is 31.5. The summed E-state index contributed by atoms with van der Waals surface area (Å²) in [7, 11) is 3.60. The quantitative estimate of drug-likeness (QED) is 0.204. The number of pyridine rings is 1. The van der Waals surface area contributed by atoms with E-state index in [2.05, 4.69) is 4.98 Å². The van der Waals surface area contributed by atoms with Crippen LogP contribution in [0.3, 0.4) is 0 Å². The molecule has 8 nitrogen and oxygen atoms in total. The van der Waals surface area contributed by atoms with Crippen LogP contribution in [0.15, 0.2) is 65.6 Å². The zero-order valence-electron chi connectivity index (χ0n) is 25.2. The second-order valence-electron chi connectivity index (χ2n) is 11.9. The van der Waals surface area contributed by atoms with Gasteiger partial charge in [-0.25, -0.2) is 4.98 Å². The average Bonchev–Trinajstić information content (AvgIpc) is 3.47. The Hall–Kier alpha value is -4.47. The summed E-state index contributed by atoms with van der Waals surface area (Å²) < 4.78 is 10.6. The zero-order valence-corrected chi connectivity index (χ0v) is 26.8. The summed E-state index contributed by atoms with van der Waals surface area (Å²) in [6, 6.07) is 17.0. The van der Waals surface area contributed by atoms with Crippen molar-refractivity contribution in [3.8, 4) is 38.7 Å². The Kier molecular flexibility index (Phi) is 7.34. The topological polar surface area (TPSA) is 99.2 Å². The number of halogens is 1. The Bertz CT molecular complexity index is 2170. The van der Waals surface area contributed by atoms with Crippen molar-refractivity contribution in [3.63, 3.8) is 0 Å². The van der Waals surface area contributed by atoms with Crippen LogP contribution in [-0.4, -0.2) is 36.0 Å². The third-order valence-corrected chi connectivity index (χ3v) is 8.96. The lowest BCUT2D eigenvalue weighted by Gasteiger charge is -2.24. The molecule has 0 radical (unpaired) electrons. The Morgan fingerprint density at radius 1 is 1.02 bits per heavy atom. The molecule has 6 aromatic rings. The number of carboxylic acid groups (broad SMARTS) is 1. The maximum atomic E-state index is 12.8. The predicted molar refractivity (Wildman–Crippen MR) is 177 cm³/mol. The summed E-state index contributed by atoms with van der Waals surface area (Å²) in [6.45, 7) is 7.79. The van der Waals surface area contributed by atoms with Crippen LogP contribution in [0.1, 0.15) is 31.9 Å². The number of carboxylic acids is 1. The van der Waals surface area contributed by atoms with E-state index in [1.54, 1.807) is 30.1 Å². The Morgan fingerprint density at radius 2 is 1.80 bits per heavy atom. The molecule has 224 valence electrons. The van der Waals surface area contributed by atoms with Crippen molar-refractivity contribution >= 4 is 50.0 Å². The van der Waals surface area contributed by atoms with Gasteiger partial charge in [-0.15, -0.1) is 11.3 Å². The standard InChI is InChI=1S/C34H31ClN4O4S/c1-18-13-26-31(30(23(18)17-29(40)41)22-9-8-21(35)16-28(22)43-34(2,3)4)44-32(37-26)20-11-12-36-25(15-20)19-7-10-27-24(14-19)33(42)39(6)38(27)5/h7-16H,17H2,1-6H3,(H,40,41). The molecule has 3 aromatic carbocycles. The first-order valence-corrected chi connectivity index (χ1v) is 15.3. The van der Waals surface area contributed by atoms with E-state index in [9.17, 15) is 14.7 Å². The maximum absolute atomic E-state index is 12.8. The summed E-state index contributed by atoms with van der Waals surface area (Å²) >= 11 is 7.89. The highest BCUT2D eigenvalue weighted by atomic mass is 35.5. The number of carbonyl (C=O) groups is 1. The lowest BCUT2D eigenvalue weighted by Crippen LogP contribution is -2.23. The minimum absolute atomic E-state index is 0.0660. The van der Waals surface area contributed by atoms with Gasteiger partial charge < -0.3 is 9.84 Å². The maximum Gasteiger partial charge on any atom is 0.307 e. The Labute approximate surface area is 263 Å². The van der Waals surface area contributed by atoms with Gasteiger partial charge in [0.1, 0.15) is 16.4 Å². The predicted octanol–water partition coefficient (Wildman–Crippen LogP) is 7.65. The molecule has 1 N–H and O–H groups in total. The van der Waals surface area contributed by atoms with Gasteiger partial charge in [0, 0.05) is 47.6 Å². The lowest BCUT2D eigenvalue weighted by atomic mass is 9.92. The number of aliphatic carboxylic acids is 1. The third-order valence-electron chi connectivity index (χ3n) is 7.59. The molecule has 3 heterocycles. The molecule has 0 aliphatic rings. The van der Waals surface area contributed by atoms with Crippen LogP contribution in [0, 0.1) is 6.92 Å². The number of aromatic nitrogens is 4. The van der Waals surface area contributed by atoms with Gasteiger partial charge in [-0.2, -0.15) is 0 Å². The number of fused-ring (bicyclic) bond motifs is 2. The van der Waals surface area contributed by atoms with Gasteiger partial charge in [0.2, 0.25) is 0 Å². The Balaban J connectivity index is 1.53. The molecule has 0 amide bonds. The summed E-state index contributed by atoms with van der Waals surface area (Å²) in [5, 5.41) is 11.8. The minimum Gasteiger partial charge on any atom is -0.487 e. The molecule has 6 rings (SSSR count). The van der Waals surface area contributed by atoms with E-state index in [-0.39, 0.29) is 12.0 Å². The normalized spacial score (nSPS) is 11.9. The van der Waals surface area contributed by atoms with Crippen molar-refractivity contribution in [2.24, 2.45) is 14.1 Å². The van der Waals surface area contributed by atoms with Crippen molar-refractivity contribution in [2.75, 3.05) is 0 Å². The fourth-order valence-electron chi connectivity index (χ4n) is 5.48. The number of hydrogen-bond acceptors (Lipinski definition) is 6. The van der Waals surface area contributed by atoms with Crippen molar-refractivity contribution in [2.45, 2.75) is 39.7 Å². The fraction of sp³-hybridized carbons (Fsp3) is 0.235. The molecule has 0 aliphatic heterocycles. The monoisotopic (exact) mass is 626 g/mol. The molecule has 0 saturated heterocycles. The molecule has 0 fully saturated rings. The second-order valence-corrected chi connectivity index (χ2v) is 13.3. The van der Waals surface area contributed by atoms with Gasteiger partial charge in [-0.05, 0) is 87.4 Å². The van der Waals surface area contributed by atoms with Gasteiger partial charge in [0.25, 0.3) is 5.56 Å². The van der Waals surface area contributed by atoms with Gasteiger partial charge in [0.15, 0.2) is 0 Å². The molecule has 0 aliphatic carbocycles. The number of thiazole rings is 1. The number of hydrogen-bond donors (Lipinski definition) is 1. The molecule has 0 saturated carbocycles. The fourth-order valence-corrected chi connectivity index (χ4v) is 6.77. The molecule has 0 bridgehead atoms. The van der Waals surface area contributed by atoms with E-state index < -0.39 is 11.6 Å². The first kappa shape index (κ1) is 29.6. The van der Waals surface area contributed by atoms with Crippen LogP contribution < -0.4 is 10.3 Å². The molecule has 0 unspecified atom stereocenters. The van der Waals surface area contributed by atoms with E-state index in [4.69, 9.17) is 21.3 Å². The van der Waals surface area contributed by atoms with E-state index in [0.29, 0.717) is 21.7 Å². The highest BCUT2D eigenvalue weighted by molar-refractivity contribution is 7.22. The molecular formula is C34H31ClN4O4S. The molecule has 3 aromatic heterocycles. The van der Waals surface area contributed by atoms with E-state index in [1.165, 1.54) is 11.3 Å². The van der Waals surface area contributed by atoms with Gasteiger partial charge in [-0.3, -0.25) is 23.9 Å². The number of nitrogens with zero attached hydrogens (tertiary/aromatic N) is 4. The average molecular weight is 627 g/mol. The lowest BCUT2D eigenvalue weighted by molar-refractivity contribution is -0.136. The summed E-state index contributed by atoms with van der Waals surface area (Å²) in [6.07, 6.45) is 1.59. The van der Waals surface area contributed by atoms with E-state index in [0.717, 1.165) is 54.3 Å². The van der Waals surface area contributed by atoms with Crippen molar-refractivity contribution < 1.29 is 14.6 Å². The summed E-state index contributed by atoms with van der Waals surface area (Å²) in [5.41, 5.74) is 6.52. The summed E-state index contributed by atoms with van der Waals surface area (Å²) in [5.74, 6) is -0.346. The van der Waals surface area contributed by atoms with Crippen LogP contribution in [0.25, 0.3) is 54.1 Å². The van der Waals surface area contributed by atoms with Crippen molar-refractivity contribution in [1.29, 1.82) is 0 Å². The molecular weight excluding hydrogens is 596 g/mol. The van der Waals surface area contributed by atoms with E-state index >= 15 is 0 Å². The largest absolute Gasteiger partial charge is 0.487 e. The van der Waals surface area contributed by atoms with Crippen LogP contribution >= 0.6 is 22.9 Å². The smallest absolute Gasteiger partial charge is 0.307 e. The SMILES string of the molecule is Cc1cc2nc(-c3ccnc(-c4ccc5c(c4)c(=O)n(C)n5C)c3)sc2c(-c2ccc(Cl)cc2OC(C)(C)C)c1CC(=O)O. The first-order chi connectivity index (χ1) is 20.8. The van der Waals surface area contributed by atoms with Gasteiger partial charge in [0.05, 0.1) is 33.2 Å². The second kappa shape index (κ2) is 10.9. The first-order valence-electron chi connectivity index (χ1n) is 14.1. The van der Waals surface area contributed by atoms with Crippen LogP contribution in [0.4, 0.5) is 0 Å². The highest BCUT2D eigenvalue weighted by Gasteiger charge is 2.24. The van der Waals surface area contributed by atoms with Crippen LogP contribution in [0.5, 0.6) is 5.75 Å². The molecule has 44 heavy (non-hydrogen) atoms. The number of aryl methyl sites for hydroxylation is 2. The Morgan fingerprint density at radius 3 is 2.52 bits per heavy atom. The van der Waals surface area contributed by atoms with Crippen LogP contribution in [0.2, 0.25) is 5.02 Å². The molecule has 10 heteroatoms. The molecule has 0 atom stereocenters. The van der Waals surface area contributed by atoms with Crippen LogP contribution in [-0.2, 0) is 25.3 Å². The van der Waals surface area contributed by atoms with Gasteiger partial charge >= 0.3 is 5.97 Å². The number of rotatable bonds is 6. The minimum atomic E-state index is -0.922. The van der Waals surface area contributed by atoms with Crippen molar-refractivity contribution in [1.82, 2.24) is 19.3 Å². The highest BCUT2D eigenvalue weighted by Crippen LogP contribution is 2.45. The van der Waals surface area contributed by atoms with E-state index in [1.807, 2.05) is 81.9 Å². The number of ether oxygens (including phenoxy) is 1.